The van der Waals surface area contributed by atoms with Crippen LogP contribution in [0.3, 0.4) is 0 Å². The Balaban J connectivity index is 1.96. The van der Waals surface area contributed by atoms with Crippen molar-refractivity contribution in [2.75, 3.05) is 0 Å². The molecular weight excluding hydrogens is 330 g/mol. The maximum atomic E-state index is 12.0. The number of hydrogen-bond donors (Lipinski definition) is 1. The second kappa shape index (κ2) is 7.51. The molecule has 0 unspecified atom stereocenters. The van der Waals surface area contributed by atoms with Crippen LogP contribution in [0.1, 0.15) is 11.1 Å². The van der Waals surface area contributed by atoms with Gasteiger partial charge in [0, 0.05) is 18.3 Å². The van der Waals surface area contributed by atoms with Gasteiger partial charge in [-0.3, -0.25) is 10.1 Å². The Bertz CT molecular complexity index is 871. The molecule has 0 aliphatic heterocycles. The molecule has 7 nitrogen and oxygen atoms in total. The quantitative estimate of drug-likeness (QED) is 0.494. The Hall–Kier alpha value is -3.00. The summed E-state index contributed by atoms with van der Waals surface area (Å²) in [5, 5.41) is 14.2. The number of rotatable bonds is 6. The number of benzene rings is 2. The van der Waals surface area contributed by atoms with Crippen molar-refractivity contribution in [2.24, 2.45) is 5.10 Å². The van der Waals surface area contributed by atoms with E-state index in [1.165, 1.54) is 36.6 Å². The number of aryl methyl sites for hydroxylation is 1. The summed E-state index contributed by atoms with van der Waals surface area (Å²) in [6, 6.07) is 12.3. The van der Waals surface area contributed by atoms with E-state index in [1.807, 2.05) is 6.92 Å². The standard InChI is InChI=1S/C16H15N3O4S/c1-13-4-10-16(11-5-13)24(22,23)18-17-12-2-3-14-6-8-15(9-7-14)19(20)21/h2-12,18H,1H3/b3-2+,17-12+. The van der Waals surface area contributed by atoms with E-state index in [-0.39, 0.29) is 10.6 Å². The van der Waals surface area contributed by atoms with Crippen molar-refractivity contribution >= 4 is 28.0 Å². The first-order valence-electron chi connectivity index (χ1n) is 6.91. The van der Waals surface area contributed by atoms with Crippen LogP contribution >= 0.6 is 0 Å². The third-order valence-electron chi connectivity index (χ3n) is 3.06. The molecule has 0 atom stereocenters. The first-order valence-corrected chi connectivity index (χ1v) is 8.39. The molecule has 2 rings (SSSR count). The minimum absolute atomic E-state index is 0.00618. The number of hydrogen-bond acceptors (Lipinski definition) is 5. The van der Waals surface area contributed by atoms with E-state index in [0.717, 1.165) is 11.1 Å². The molecule has 0 spiro atoms. The van der Waals surface area contributed by atoms with E-state index in [2.05, 4.69) is 9.93 Å². The second-order valence-electron chi connectivity index (χ2n) is 4.89. The van der Waals surface area contributed by atoms with Crippen molar-refractivity contribution in [3.05, 3.63) is 75.8 Å². The van der Waals surface area contributed by atoms with Gasteiger partial charge in [0.2, 0.25) is 0 Å². The summed E-state index contributed by atoms with van der Waals surface area (Å²) in [5.74, 6) is 0. The Morgan fingerprint density at radius 1 is 1.08 bits per heavy atom. The third-order valence-corrected chi connectivity index (χ3v) is 4.30. The SMILES string of the molecule is Cc1ccc(S(=O)(=O)N/N=C/C=C/c2ccc([N+](=O)[O-])cc2)cc1. The molecule has 0 aromatic heterocycles. The highest BCUT2D eigenvalue weighted by atomic mass is 32.2. The van der Waals surface area contributed by atoms with Crippen molar-refractivity contribution in [1.82, 2.24) is 4.83 Å². The molecule has 0 bridgehead atoms. The zero-order valence-electron chi connectivity index (χ0n) is 12.8. The van der Waals surface area contributed by atoms with Crippen molar-refractivity contribution in [3.8, 4) is 0 Å². The van der Waals surface area contributed by atoms with Gasteiger partial charge in [-0.25, -0.2) is 4.83 Å². The van der Waals surface area contributed by atoms with E-state index >= 15 is 0 Å². The summed E-state index contributed by atoms with van der Waals surface area (Å²) in [5.41, 5.74) is 1.70. The molecule has 2 aromatic carbocycles. The predicted molar refractivity (Wildman–Crippen MR) is 92.1 cm³/mol. The van der Waals surface area contributed by atoms with E-state index in [4.69, 9.17) is 0 Å². The van der Waals surface area contributed by atoms with Gasteiger partial charge in [-0.1, -0.05) is 23.8 Å². The summed E-state index contributed by atoms with van der Waals surface area (Å²) in [4.78, 5) is 12.3. The molecule has 0 saturated carbocycles. The zero-order chi connectivity index (χ0) is 17.6. The van der Waals surface area contributed by atoms with Gasteiger partial charge >= 0.3 is 0 Å². The average molecular weight is 345 g/mol. The molecule has 0 aliphatic carbocycles. The molecule has 0 aliphatic rings. The lowest BCUT2D eigenvalue weighted by Gasteiger charge is -2.02. The Morgan fingerprint density at radius 2 is 1.71 bits per heavy atom. The number of non-ortho nitro benzene ring substituents is 1. The fourth-order valence-electron chi connectivity index (χ4n) is 1.77. The minimum atomic E-state index is -3.69. The van der Waals surface area contributed by atoms with E-state index < -0.39 is 14.9 Å². The summed E-state index contributed by atoms with van der Waals surface area (Å²) >= 11 is 0. The van der Waals surface area contributed by atoms with Crippen molar-refractivity contribution < 1.29 is 13.3 Å². The predicted octanol–water partition coefficient (Wildman–Crippen LogP) is 2.88. The van der Waals surface area contributed by atoms with Gasteiger partial charge < -0.3 is 0 Å². The molecule has 0 saturated heterocycles. The van der Waals surface area contributed by atoms with E-state index in [9.17, 15) is 18.5 Å². The molecular formula is C16H15N3O4S. The van der Waals surface area contributed by atoms with Gasteiger partial charge in [-0.05, 0) is 42.8 Å². The number of sulfonamides is 1. The van der Waals surface area contributed by atoms with Gasteiger partial charge in [-0.2, -0.15) is 13.5 Å². The minimum Gasteiger partial charge on any atom is -0.258 e. The highest BCUT2D eigenvalue weighted by Gasteiger charge is 2.11. The van der Waals surface area contributed by atoms with Crippen molar-refractivity contribution in [3.63, 3.8) is 0 Å². The fourth-order valence-corrected chi connectivity index (χ4v) is 2.57. The number of nitrogens with zero attached hydrogens (tertiary/aromatic N) is 2. The van der Waals surface area contributed by atoms with Crippen LogP contribution in [-0.2, 0) is 10.0 Å². The highest BCUT2D eigenvalue weighted by molar-refractivity contribution is 7.89. The highest BCUT2D eigenvalue weighted by Crippen LogP contribution is 2.12. The normalized spacial score (nSPS) is 11.9. The topological polar surface area (TPSA) is 102 Å². The largest absolute Gasteiger partial charge is 0.276 e. The smallest absolute Gasteiger partial charge is 0.258 e. The molecule has 0 fully saturated rings. The summed E-state index contributed by atoms with van der Waals surface area (Å²) in [7, 11) is -3.69. The molecule has 24 heavy (non-hydrogen) atoms. The lowest BCUT2D eigenvalue weighted by molar-refractivity contribution is -0.384. The fraction of sp³-hybridized carbons (Fsp3) is 0.0625. The van der Waals surface area contributed by atoms with Crippen molar-refractivity contribution in [1.29, 1.82) is 0 Å². The number of nitrogens with one attached hydrogen (secondary N) is 1. The first-order chi connectivity index (χ1) is 11.4. The van der Waals surface area contributed by atoms with Crippen LogP contribution in [-0.4, -0.2) is 19.6 Å². The third kappa shape index (κ3) is 4.75. The van der Waals surface area contributed by atoms with E-state index in [1.54, 1.807) is 30.3 Å². The number of allylic oxidation sites excluding steroid dienone is 1. The van der Waals surface area contributed by atoms with Crippen LogP contribution in [0.5, 0.6) is 0 Å². The van der Waals surface area contributed by atoms with Crippen LogP contribution in [0.2, 0.25) is 0 Å². The van der Waals surface area contributed by atoms with Crippen LogP contribution in [0.4, 0.5) is 5.69 Å². The van der Waals surface area contributed by atoms with Gasteiger partial charge in [0.25, 0.3) is 15.7 Å². The summed E-state index contributed by atoms with van der Waals surface area (Å²) < 4.78 is 23.9. The monoisotopic (exact) mass is 345 g/mol. The molecule has 0 heterocycles. The van der Waals surface area contributed by atoms with Crippen molar-refractivity contribution in [2.45, 2.75) is 11.8 Å². The second-order valence-corrected chi connectivity index (χ2v) is 6.55. The first kappa shape index (κ1) is 17.4. The molecule has 2 aromatic rings. The molecule has 1 N–H and O–H groups in total. The van der Waals surface area contributed by atoms with Gasteiger partial charge in [0.15, 0.2) is 0 Å². The van der Waals surface area contributed by atoms with Crippen LogP contribution in [0, 0.1) is 17.0 Å². The van der Waals surface area contributed by atoms with Gasteiger partial charge in [0.1, 0.15) is 0 Å². The maximum absolute atomic E-state index is 12.0. The molecule has 0 amide bonds. The molecule has 124 valence electrons. The zero-order valence-corrected chi connectivity index (χ0v) is 13.6. The Kier molecular flexibility index (Phi) is 5.43. The lowest BCUT2D eigenvalue weighted by atomic mass is 10.2. The number of nitro groups is 1. The van der Waals surface area contributed by atoms with Gasteiger partial charge in [-0.15, -0.1) is 0 Å². The molecule has 8 heteroatoms. The van der Waals surface area contributed by atoms with Crippen LogP contribution in [0.25, 0.3) is 6.08 Å². The van der Waals surface area contributed by atoms with Gasteiger partial charge in [0.05, 0.1) is 9.82 Å². The van der Waals surface area contributed by atoms with Crippen LogP contribution in [0.15, 0.2) is 64.6 Å². The maximum Gasteiger partial charge on any atom is 0.276 e. The average Bonchev–Trinajstić information content (AvgIpc) is 2.55. The Morgan fingerprint density at radius 3 is 2.29 bits per heavy atom. The Labute approximate surface area is 139 Å². The summed E-state index contributed by atoms with van der Waals surface area (Å²) in [6.45, 7) is 1.87. The molecule has 0 radical (unpaired) electrons. The number of nitro benzene ring substituents is 1. The van der Waals surface area contributed by atoms with E-state index in [0.29, 0.717) is 0 Å². The number of hydrazone groups is 1. The summed E-state index contributed by atoms with van der Waals surface area (Å²) in [6.07, 6.45) is 4.46. The lowest BCUT2D eigenvalue weighted by Crippen LogP contribution is -2.17. The van der Waals surface area contributed by atoms with Crippen LogP contribution < -0.4 is 4.83 Å².